The Labute approximate surface area is 277 Å². The summed E-state index contributed by atoms with van der Waals surface area (Å²) in [6.45, 7) is 0.663. The molecule has 0 aliphatic rings. The Hall–Kier alpha value is -5.53. The summed E-state index contributed by atoms with van der Waals surface area (Å²) in [4.78, 5) is 28.1. The maximum absolute atomic E-state index is 14.4. The minimum atomic E-state index is -3.56. The van der Waals surface area contributed by atoms with Gasteiger partial charge >= 0.3 is 5.97 Å². The first-order valence-corrected chi connectivity index (χ1v) is 16.5. The van der Waals surface area contributed by atoms with Crippen molar-refractivity contribution < 1.29 is 36.9 Å². The van der Waals surface area contributed by atoms with Crippen LogP contribution in [0.4, 0.5) is 5.69 Å². The summed E-state index contributed by atoms with van der Waals surface area (Å²) in [5.41, 5.74) is 8.36. The second-order valence-electron chi connectivity index (χ2n) is 10.7. The smallest absolute Gasteiger partial charge is 0.355 e. The van der Waals surface area contributed by atoms with Gasteiger partial charge < -0.3 is 29.4 Å². The number of carbonyl (C=O) groups excluding carboxylic acids is 1. The lowest BCUT2D eigenvalue weighted by Gasteiger charge is -2.21. The first-order chi connectivity index (χ1) is 23.0. The van der Waals surface area contributed by atoms with Gasteiger partial charge in [0, 0.05) is 23.5 Å². The highest BCUT2D eigenvalue weighted by Gasteiger charge is 2.27. The average molecular weight is 674 g/mol. The first kappa shape index (κ1) is 33.8. The number of fused-ring (bicyclic) bond motifs is 1. The zero-order chi connectivity index (χ0) is 34.6. The number of rotatable bonds is 12. The minimum absolute atomic E-state index is 0.0817. The van der Waals surface area contributed by atoms with Crippen molar-refractivity contribution in [3.8, 4) is 39.8 Å². The molecule has 12 nitrogen and oxygen atoms in total. The number of nitrogens with one attached hydrogen (secondary N) is 1. The molecule has 0 aliphatic heterocycles. The third-order valence-corrected chi connectivity index (χ3v) is 8.19. The minimum Gasteiger partial charge on any atom is -0.493 e. The van der Waals surface area contributed by atoms with Crippen LogP contribution in [0, 0.1) is 0 Å². The van der Waals surface area contributed by atoms with E-state index in [1.807, 2.05) is 24.3 Å². The lowest BCUT2D eigenvalue weighted by molar-refractivity contribution is 0.0591. The van der Waals surface area contributed by atoms with E-state index in [0.717, 1.165) is 17.4 Å². The number of hydrogen-bond acceptors (Lipinski definition) is 10. The summed E-state index contributed by atoms with van der Waals surface area (Å²) in [5.74, 6) is 0.613. The lowest BCUT2D eigenvalue weighted by Crippen LogP contribution is -2.27. The van der Waals surface area contributed by atoms with E-state index < -0.39 is 21.6 Å². The highest BCUT2D eigenvalue weighted by molar-refractivity contribution is 7.92. The van der Waals surface area contributed by atoms with Gasteiger partial charge in [-0.2, -0.15) is 0 Å². The summed E-state index contributed by atoms with van der Waals surface area (Å²) < 4.78 is 55.3. The fourth-order valence-corrected chi connectivity index (χ4v) is 5.92. The molecule has 48 heavy (non-hydrogen) atoms. The van der Waals surface area contributed by atoms with Gasteiger partial charge in [0.05, 0.1) is 40.1 Å². The fourth-order valence-electron chi connectivity index (χ4n) is 5.35. The molecule has 0 radical (unpaired) electrons. The molecule has 0 atom stereocenters. The maximum Gasteiger partial charge on any atom is 0.355 e. The van der Waals surface area contributed by atoms with E-state index in [2.05, 4.69) is 4.72 Å². The van der Waals surface area contributed by atoms with Crippen LogP contribution in [0.3, 0.4) is 0 Å². The molecule has 250 valence electrons. The van der Waals surface area contributed by atoms with Gasteiger partial charge in [0.15, 0.2) is 11.5 Å². The van der Waals surface area contributed by atoms with E-state index >= 15 is 0 Å². The van der Waals surface area contributed by atoms with E-state index in [-0.39, 0.29) is 29.1 Å². The van der Waals surface area contributed by atoms with E-state index in [1.54, 1.807) is 30.3 Å². The van der Waals surface area contributed by atoms with Crippen LogP contribution in [0.15, 0.2) is 83.7 Å². The second kappa shape index (κ2) is 14.1. The van der Waals surface area contributed by atoms with Crippen molar-refractivity contribution in [1.82, 2.24) is 4.57 Å². The Morgan fingerprint density at radius 2 is 1.44 bits per heavy atom. The van der Waals surface area contributed by atoms with E-state index in [4.69, 9.17) is 29.4 Å². The predicted octanol–water partition coefficient (Wildman–Crippen LogP) is 4.88. The standard InChI is InChI=1S/C35H35N3O9S/c1-43-29-16-23(17-30(44-2)33(29)45-3)31-27-15-14-26(47-20-22-8-6-21(19-36)7-9-22)18-28(27)34(39)38(32(31)35(40)46-4)25-12-10-24(11-13-25)37-48(5,41)42/h6-18,37H,19-20,36H2,1-5H3. The Bertz CT molecular complexity index is 2120. The number of ether oxygens (including phenoxy) is 5. The average Bonchev–Trinajstić information content (AvgIpc) is 3.09. The third-order valence-electron chi connectivity index (χ3n) is 7.58. The van der Waals surface area contributed by atoms with Crippen LogP contribution in [-0.4, -0.2) is 53.6 Å². The fraction of sp³-hybridized carbons (Fsp3) is 0.200. The van der Waals surface area contributed by atoms with E-state index in [0.29, 0.717) is 46.1 Å². The van der Waals surface area contributed by atoms with Crippen LogP contribution < -0.4 is 35.0 Å². The van der Waals surface area contributed by atoms with Crippen molar-refractivity contribution in [2.24, 2.45) is 5.73 Å². The third kappa shape index (κ3) is 6.92. The number of nitrogens with zero attached hydrogens (tertiary/aromatic N) is 1. The molecule has 4 aromatic carbocycles. The molecular weight excluding hydrogens is 638 g/mol. The van der Waals surface area contributed by atoms with Gasteiger partial charge in [-0.25, -0.2) is 13.2 Å². The van der Waals surface area contributed by atoms with Crippen LogP contribution in [0.25, 0.3) is 27.6 Å². The second-order valence-corrected chi connectivity index (χ2v) is 12.5. The number of aromatic nitrogens is 1. The number of sulfonamides is 1. The number of pyridine rings is 1. The lowest BCUT2D eigenvalue weighted by atomic mass is 9.95. The van der Waals surface area contributed by atoms with E-state index in [1.165, 1.54) is 57.3 Å². The molecular formula is C35H35N3O9S. The van der Waals surface area contributed by atoms with Crippen molar-refractivity contribution in [2.45, 2.75) is 13.2 Å². The molecule has 0 spiro atoms. The molecule has 0 fully saturated rings. The molecule has 3 N–H and O–H groups in total. The SMILES string of the molecule is COC(=O)c1c(-c2cc(OC)c(OC)c(OC)c2)c2ccc(OCc3ccc(CN)cc3)cc2c(=O)n1-c1ccc(NS(C)(=O)=O)cc1. The maximum atomic E-state index is 14.4. The number of nitrogens with two attached hydrogens (primary N) is 1. The van der Waals surface area contributed by atoms with Crippen LogP contribution in [0.2, 0.25) is 0 Å². The quantitative estimate of drug-likeness (QED) is 0.175. The number of hydrogen-bond donors (Lipinski definition) is 2. The molecule has 0 aliphatic carbocycles. The Kier molecular flexibility index (Phi) is 9.92. The molecule has 1 aromatic heterocycles. The molecule has 1 heterocycles. The van der Waals surface area contributed by atoms with Gasteiger partial charge in [0.1, 0.15) is 18.1 Å². The summed E-state index contributed by atoms with van der Waals surface area (Å²) in [6, 6.07) is 22.1. The van der Waals surface area contributed by atoms with Crippen LogP contribution in [-0.2, 0) is 27.9 Å². The van der Waals surface area contributed by atoms with Gasteiger partial charge in [-0.3, -0.25) is 14.1 Å². The normalized spacial score (nSPS) is 11.2. The zero-order valence-electron chi connectivity index (χ0n) is 27.0. The number of esters is 1. The highest BCUT2D eigenvalue weighted by Crippen LogP contribution is 2.44. The van der Waals surface area contributed by atoms with Gasteiger partial charge in [0.25, 0.3) is 5.56 Å². The molecule has 0 bridgehead atoms. The first-order valence-electron chi connectivity index (χ1n) is 14.6. The molecule has 0 unspecified atom stereocenters. The Balaban J connectivity index is 1.79. The van der Waals surface area contributed by atoms with Crippen LogP contribution in [0.5, 0.6) is 23.0 Å². The van der Waals surface area contributed by atoms with Crippen molar-refractivity contribution in [3.05, 3.63) is 106 Å². The van der Waals surface area contributed by atoms with Gasteiger partial charge in [0.2, 0.25) is 15.8 Å². The summed E-state index contributed by atoms with van der Waals surface area (Å²) >= 11 is 0. The number of methoxy groups -OCH3 is 4. The van der Waals surface area contributed by atoms with E-state index in [9.17, 15) is 18.0 Å². The molecule has 0 amide bonds. The van der Waals surface area contributed by atoms with Crippen molar-refractivity contribution in [1.29, 1.82) is 0 Å². The molecule has 5 aromatic rings. The van der Waals surface area contributed by atoms with Gasteiger partial charge in [-0.15, -0.1) is 0 Å². The monoisotopic (exact) mass is 673 g/mol. The van der Waals surface area contributed by atoms with Crippen LogP contribution >= 0.6 is 0 Å². The topological polar surface area (TPSA) is 157 Å². The van der Waals surface area contributed by atoms with Gasteiger partial charge in [-0.1, -0.05) is 24.3 Å². The van der Waals surface area contributed by atoms with Crippen LogP contribution in [0.1, 0.15) is 21.6 Å². The molecule has 5 rings (SSSR count). The number of anilines is 1. The molecule has 0 saturated heterocycles. The van der Waals surface area contributed by atoms with Crippen molar-refractivity contribution in [2.75, 3.05) is 39.4 Å². The Morgan fingerprint density at radius 1 is 0.812 bits per heavy atom. The predicted molar refractivity (Wildman–Crippen MR) is 183 cm³/mol. The summed E-state index contributed by atoms with van der Waals surface area (Å²) in [6.07, 6.45) is 1.03. The van der Waals surface area contributed by atoms with Crippen molar-refractivity contribution >= 4 is 32.5 Å². The summed E-state index contributed by atoms with van der Waals surface area (Å²) in [5, 5.41) is 0.668. The Morgan fingerprint density at radius 3 is 1.98 bits per heavy atom. The highest BCUT2D eigenvalue weighted by atomic mass is 32.2. The molecule has 13 heteroatoms. The molecule has 0 saturated carbocycles. The van der Waals surface area contributed by atoms with Gasteiger partial charge in [-0.05, 0) is 76.7 Å². The largest absolute Gasteiger partial charge is 0.493 e. The zero-order valence-corrected chi connectivity index (χ0v) is 27.8. The summed E-state index contributed by atoms with van der Waals surface area (Å²) in [7, 11) is 2.08. The number of carbonyl (C=O) groups is 1. The van der Waals surface area contributed by atoms with Crippen molar-refractivity contribution in [3.63, 3.8) is 0 Å². The number of benzene rings is 4.